The first-order chi connectivity index (χ1) is 16.3. The summed E-state index contributed by atoms with van der Waals surface area (Å²) >= 11 is 0. The Kier molecular flexibility index (Phi) is 7.95. The maximum Gasteiger partial charge on any atom is 0.150 e. The van der Waals surface area contributed by atoms with Gasteiger partial charge in [-0.05, 0) is 85.4 Å². The zero-order chi connectivity index (χ0) is 24.1. The normalized spacial score (nSPS) is 20.1. The first-order valence-corrected chi connectivity index (χ1v) is 14.4. The molecule has 34 heavy (non-hydrogen) atoms. The zero-order valence-corrected chi connectivity index (χ0v) is 21.1. The van der Waals surface area contributed by atoms with Crippen molar-refractivity contribution in [1.29, 1.82) is 5.26 Å². The lowest BCUT2D eigenvalue weighted by Gasteiger charge is -2.36. The summed E-state index contributed by atoms with van der Waals surface area (Å²) in [6, 6.07) is 17.2. The molecule has 2 aromatic carbocycles. The number of nitriles is 1. The fourth-order valence-electron chi connectivity index (χ4n) is 5.06. The molecule has 2 unspecified atom stereocenters. The Morgan fingerprint density at radius 3 is 2.71 bits per heavy atom. The van der Waals surface area contributed by atoms with Gasteiger partial charge in [0, 0.05) is 18.0 Å². The van der Waals surface area contributed by atoms with Crippen LogP contribution in [0.15, 0.2) is 42.5 Å². The number of aryl methyl sites for hydroxylation is 1. The molecule has 0 aliphatic heterocycles. The van der Waals surface area contributed by atoms with E-state index >= 15 is 0 Å². The highest BCUT2D eigenvalue weighted by molar-refractivity contribution is 7.91. The molecule has 0 spiro atoms. The van der Waals surface area contributed by atoms with Gasteiger partial charge in [0.2, 0.25) is 0 Å². The summed E-state index contributed by atoms with van der Waals surface area (Å²) in [7, 11) is -2.97. The van der Waals surface area contributed by atoms with Crippen LogP contribution in [0.4, 0.5) is 0 Å². The largest absolute Gasteiger partial charge is 0.494 e. The molecule has 6 heteroatoms. The van der Waals surface area contributed by atoms with Crippen molar-refractivity contribution in [3.05, 3.63) is 64.7 Å². The van der Waals surface area contributed by atoms with E-state index in [2.05, 4.69) is 43.4 Å². The van der Waals surface area contributed by atoms with Gasteiger partial charge in [-0.2, -0.15) is 5.26 Å². The van der Waals surface area contributed by atoms with Gasteiger partial charge in [-0.1, -0.05) is 32.0 Å². The molecular weight excluding hydrogens is 444 g/mol. The number of sulfone groups is 1. The summed E-state index contributed by atoms with van der Waals surface area (Å²) in [5, 5.41) is 13.1. The molecule has 2 aliphatic carbocycles. The molecule has 0 saturated heterocycles. The first-order valence-electron chi connectivity index (χ1n) is 12.5. The minimum absolute atomic E-state index is 0.201. The Bertz CT molecular complexity index is 1130. The van der Waals surface area contributed by atoms with Gasteiger partial charge in [-0.3, -0.25) is 0 Å². The van der Waals surface area contributed by atoms with Gasteiger partial charge >= 0.3 is 0 Å². The summed E-state index contributed by atoms with van der Waals surface area (Å²) in [5.41, 5.74) is 4.50. The molecule has 2 aromatic rings. The van der Waals surface area contributed by atoms with Crippen LogP contribution in [0, 0.1) is 17.2 Å². The molecule has 2 aliphatic rings. The number of rotatable bonds is 11. The number of ether oxygens (including phenoxy) is 1. The fraction of sp³-hybridized carbons (Fsp3) is 0.536. The molecule has 5 nitrogen and oxygen atoms in total. The first kappa shape index (κ1) is 24.8. The number of hydrogen-bond acceptors (Lipinski definition) is 5. The van der Waals surface area contributed by atoms with Crippen LogP contribution in [0.1, 0.15) is 67.7 Å². The third kappa shape index (κ3) is 6.84. The minimum atomic E-state index is -2.97. The van der Waals surface area contributed by atoms with Crippen molar-refractivity contribution >= 4 is 9.84 Å². The van der Waals surface area contributed by atoms with Gasteiger partial charge < -0.3 is 10.1 Å². The average molecular weight is 481 g/mol. The molecular formula is C28H36N2O3S. The average Bonchev–Trinajstić information content (AvgIpc) is 3.61. The molecule has 2 atom stereocenters. The van der Waals surface area contributed by atoms with E-state index < -0.39 is 9.84 Å². The van der Waals surface area contributed by atoms with E-state index in [9.17, 15) is 13.7 Å². The summed E-state index contributed by atoms with van der Waals surface area (Å²) in [4.78, 5) is 0. The lowest BCUT2D eigenvalue weighted by Crippen LogP contribution is -2.42. The molecule has 1 fully saturated rings. The Hall–Kier alpha value is -2.36. The molecule has 0 bridgehead atoms. The summed E-state index contributed by atoms with van der Waals surface area (Å²) in [6.45, 7) is 4.77. The van der Waals surface area contributed by atoms with Crippen molar-refractivity contribution in [2.24, 2.45) is 5.92 Å². The van der Waals surface area contributed by atoms with Crippen LogP contribution in [0.25, 0.3) is 0 Å². The van der Waals surface area contributed by atoms with Crippen LogP contribution >= 0.6 is 0 Å². The molecule has 1 N–H and O–H groups in total. The Morgan fingerprint density at radius 2 is 1.97 bits per heavy atom. The maximum atomic E-state index is 12.2. The van der Waals surface area contributed by atoms with Crippen LogP contribution < -0.4 is 10.1 Å². The van der Waals surface area contributed by atoms with Crippen LogP contribution in [0.2, 0.25) is 0 Å². The Labute approximate surface area is 204 Å². The van der Waals surface area contributed by atoms with Gasteiger partial charge in [-0.25, -0.2) is 8.42 Å². The monoisotopic (exact) mass is 480 g/mol. The standard InChI is InChI=1S/C28H36N2O3S/c1-20(2)30-28-12-10-24-9-11-25(33-13-4-14-34(31,32)19-21-7-8-21)17-26(24)27(28)16-22-5-3-6-23(15-22)18-29/h3,5-6,9,11,15,17,20-21,27-28,30H,4,7-8,10,12-14,16,19H2,1-2H3. The van der Waals surface area contributed by atoms with Crippen molar-refractivity contribution in [3.8, 4) is 11.8 Å². The predicted octanol–water partition coefficient (Wildman–Crippen LogP) is 4.79. The van der Waals surface area contributed by atoms with Crippen LogP contribution in [-0.2, 0) is 22.7 Å². The van der Waals surface area contributed by atoms with E-state index in [1.54, 1.807) is 0 Å². The van der Waals surface area contributed by atoms with Gasteiger partial charge in [0.25, 0.3) is 0 Å². The molecule has 0 aromatic heterocycles. The molecule has 0 heterocycles. The van der Waals surface area contributed by atoms with Crippen LogP contribution in [-0.4, -0.2) is 38.6 Å². The number of fused-ring (bicyclic) bond motifs is 1. The van der Waals surface area contributed by atoms with Gasteiger partial charge in [0.1, 0.15) is 5.75 Å². The molecule has 0 radical (unpaired) electrons. The van der Waals surface area contributed by atoms with Crippen molar-refractivity contribution in [2.45, 2.75) is 70.4 Å². The molecule has 4 rings (SSSR count). The highest BCUT2D eigenvalue weighted by Crippen LogP contribution is 2.37. The van der Waals surface area contributed by atoms with E-state index in [0.717, 1.165) is 37.9 Å². The number of nitrogens with one attached hydrogen (secondary N) is 1. The molecule has 182 valence electrons. The second-order valence-electron chi connectivity index (χ2n) is 10.2. The Morgan fingerprint density at radius 1 is 1.15 bits per heavy atom. The summed E-state index contributed by atoms with van der Waals surface area (Å²) in [5.74, 6) is 2.02. The van der Waals surface area contributed by atoms with Crippen LogP contribution in [0.5, 0.6) is 5.75 Å². The fourth-order valence-corrected chi connectivity index (χ4v) is 6.84. The summed E-state index contributed by atoms with van der Waals surface area (Å²) in [6.07, 6.45) is 5.59. The van der Waals surface area contributed by atoms with Crippen molar-refractivity contribution in [2.75, 3.05) is 18.1 Å². The number of nitrogens with zero attached hydrogens (tertiary/aromatic N) is 1. The zero-order valence-electron chi connectivity index (χ0n) is 20.3. The minimum Gasteiger partial charge on any atom is -0.494 e. The van der Waals surface area contributed by atoms with E-state index in [4.69, 9.17) is 4.74 Å². The third-order valence-electron chi connectivity index (χ3n) is 6.84. The maximum absolute atomic E-state index is 12.2. The predicted molar refractivity (Wildman–Crippen MR) is 136 cm³/mol. The molecule has 0 amide bonds. The van der Waals surface area contributed by atoms with Crippen LogP contribution in [0.3, 0.4) is 0 Å². The lowest BCUT2D eigenvalue weighted by atomic mass is 9.76. The smallest absolute Gasteiger partial charge is 0.150 e. The van der Waals surface area contributed by atoms with Crippen molar-refractivity contribution in [3.63, 3.8) is 0 Å². The topological polar surface area (TPSA) is 79.2 Å². The van der Waals surface area contributed by atoms with E-state index in [0.29, 0.717) is 42.3 Å². The third-order valence-corrected chi connectivity index (χ3v) is 8.73. The molecule has 1 saturated carbocycles. The number of benzene rings is 2. The number of hydrogen-bond donors (Lipinski definition) is 1. The Balaban J connectivity index is 1.47. The van der Waals surface area contributed by atoms with Crippen molar-refractivity contribution < 1.29 is 13.2 Å². The van der Waals surface area contributed by atoms with E-state index in [-0.39, 0.29) is 11.7 Å². The highest BCUT2D eigenvalue weighted by atomic mass is 32.2. The van der Waals surface area contributed by atoms with Gasteiger partial charge in [0.05, 0.1) is 29.7 Å². The quantitative estimate of drug-likeness (QED) is 0.468. The van der Waals surface area contributed by atoms with E-state index in [1.807, 2.05) is 24.3 Å². The second kappa shape index (κ2) is 10.9. The van der Waals surface area contributed by atoms with Gasteiger partial charge in [-0.15, -0.1) is 0 Å². The summed E-state index contributed by atoms with van der Waals surface area (Å²) < 4.78 is 30.4. The van der Waals surface area contributed by atoms with Gasteiger partial charge in [0.15, 0.2) is 9.84 Å². The lowest BCUT2D eigenvalue weighted by molar-refractivity contribution is 0.314. The highest BCUT2D eigenvalue weighted by Gasteiger charge is 2.31. The second-order valence-corrected chi connectivity index (χ2v) is 12.4. The van der Waals surface area contributed by atoms with E-state index in [1.165, 1.54) is 16.7 Å². The van der Waals surface area contributed by atoms with Crippen molar-refractivity contribution in [1.82, 2.24) is 5.32 Å². The SMILES string of the molecule is CC(C)NC1CCc2ccc(OCCCS(=O)(=O)CC3CC3)cc2C1Cc1cccc(C#N)c1.